The standard InChI is InChI=1S/C19H15FN4O2S/c20-12-3-1-2-11-8-14(26-19(11)12)18-17-13(22-10-23-17)4-6-24(18)16(25)9-15-21-5-7-27-15/h1-3,5,7-8,10,18H,4,6,9H2,(H,22,23)/t18-/m0/s1. The van der Waals surface area contributed by atoms with E-state index in [2.05, 4.69) is 15.0 Å². The van der Waals surface area contributed by atoms with Crippen LogP contribution in [0.3, 0.4) is 0 Å². The number of carbonyl (C=O) groups excluding carboxylic acids is 1. The van der Waals surface area contributed by atoms with Crippen LogP contribution in [0.5, 0.6) is 0 Å². The Morgan fingerprint density at radius 3 is 3.15 bits per heavy atom. The van der Waals surface area contributed by atoms with Crippen LogP contribution in [0.15, 0.2) is 46.6 Å². The maximum Gasteiger partial charge on any atom is 0.230 e. The maximum atomic E-state index is 14.1. The lowest BCUT2D eigenvalue weighted by molar-refractivity contribution is -0.133. The summed E-state index contributed by atoms with van der Waals surface area (Å²) < 4.78 is 20.0. The van der Waals surface area contributed by atoms with Gasteiger partial charge in [-0.15, -0.1) is 11.3 Å². The van der Waals surface area contributed by atoms with Gasteiger partial charge in [-0.05, 0) is 12.1 Å². The van der Waals surface area contributed by atoms with Crippen molar-refractivity contribution in [3.63, 3.8) is 0 Å². The number of aromatic nitrogens is 3. The molecule has 0 bridgehead atoms. The summed E-state index contributed by atoms with van der Waals surface area (Å²) >= 11 is 1.45. The molecule has 0 fully saturated rings. The molecule has 6 nitrogen and oxygen atoms in total. The molecule has 5 rings (SSSR count). The normalized spacial score (nSPS) is 16.6. The molecule has 27 heavy (non-hydrogen) atoms. The zero-order valence-electron chi connectivity index (χ0n) is 14.2. The number of rotatable bonds is 3. The second-order valence-electron chi connectivity index (χ2n) is 6.42. The first-order chi connectivity index (χ1) is 13.2. The zero-order valence-corrected chi connectivity index (χ0v) is 15.0. The van der Waals surface area contributed by atoms with Crippen molar-refractivity contribution in [1.29, 1.82) is 0 Å². The number of nitrogens with zero attached hydrogens (tertiary/aromatic N) is 3. The summed E-state index contributed by atoms with van der Waals surface area (Å²) in [4.78, 5) is 26.5. The van der Waals surface area contributed by atoms with E-state index >= 15 is 0 Å². The molecule has 0 saturated carbocycles. The molecular formula is C19H15FN4O2S. The Balaban J connectivity index is 1.58. The second-order valence-corrected chi connectivity index (χ2v) is 7.39. The number of aromatic amines is 1. The molecular weight excluding hydrogens is 367 g/mol. The first-order valence-electron chi connectivity index (χ1n) is 8.58. The first-order valence-corrected chi connectivity index (χ1v) is 9.46. The number of carbonyl (C=O) groups is 1. The monoisotopic (exact) mass is 382 g/mol. The Bertz CT molecular complexity index is 1120. The molecule has 3 aromatic heterocycles. The minimum Gasteiger partial charge on any atom is -0.455 e. The van der Waals surface area contributed by atoms with Crippen LogP contribution in [0, 0.1) is 5.82 Å². The highest BCUT2D eigenvalue weighted by molar-refractivity contribution is 7.09. The Hall–Kier alpha value is -3.00. The number of para-hydroxylation sites is 1. The van der Waals surface area contributed by atoms with E-state index in [0.717, 1.165) is 16.4 Å². The average molecular weight is 382 g/mol. The van der Waals surface area contributed by atoms with Crippen LogP contribution >= 0.6 is 11.3 Å². The van der Waals surface area contributed by atoms with E-state index in [1.54, 1.807) is 35.6 Å². The van der Waals surface area contributed by atoms with E-state index < -0.39 is 11.9 Å². The summed E-state index contributed by atoms with van der Waals surface area (Å²) in [5.74, 6) is 0.0395. The Kier molecular flexibility index (Phi) is 3.78. The third kappa shape index (κ3) is 2.73. The number of nitrogens with one attached hydrogen (secondary N) is 1. The third-order valence-corrected chi connectivity index (χ3v) is 5.60. The number of imidazole rings is 1. The SMILES string of the molecule is O=C(Cc1nccs1)N1CCc2[nH]cnc2[C@@H]1c1cc2cccc(F)c2o1. The number of amides is 1. The lowest BCUT2D eigenvalue weighted by atomic mass is 9.99. The second kappa shape index (κ2) is 6.31. The van der Waals surface area contributed by atoms with Crippen LogP contribution in [0.25, 0.3) is 11.0 Å². The highest BCUT2D eigenvalue weighted by Crippen LogP contribution is 2.37. The minimum absolute atomic E-state index is 0.0514. The molecule has 136 valence electrons. The molecule has 0 unspecified atom stereocenters. The van der Waals surface area contributed by atoms with E-state index in [1.165, 1.54) is 17.4 Å². The first kappa shape index (κ1) is 16.2. The van der Waals surface area contributed by atoms with Crippen LogP contribution in [0.2, 0.25) is 0 Å². The van der Waals surface area contributed by atoms with Crippen LogP contribution in [0.4, 0.5) is 4.39 Å². The van der Waals surface area contributed by atoms with Gasteiger partial charge in [0, 0.05) is 35.6 Å². The molecule has 0 saturated heterocycles. The number of H-pyrrole nitrogens is 1. The van der Waals surface area contributed by atoms with Crippen molar-refractivity contribution in [1.82, 2.24) is 19.9 Å². The van der Waals surface area contributed by atoms with Gasteiger partial charge in [-0.1, -0.05) is 12.1 Å². The number of hydrogen-bond acceptors (Lipinski definition) is 5. The highest BCUT2D eigenvalue weighted by Gasteiger charge is 2.36. The average Bonchev–Trinajstić information content (AvgIpc) is 3.41. The topological polar surface area (TPSA) is 75.0 Å². The zero-order chi connectivity index (χ0) is 18.4. The fourth-order valence-corrected chi connectivity index (χ4v) is 4.19. The molecule has 1 aliphatic heterocycles. The van der Waals surface area contributed by atoms with E-state index in [0.29, 0.717) is 24.1 Å². The van der Waals surface area contributed by atoms with Crippen molar-refractivity contribution in [3.8, 4) is 0 Å². The minimum atomic E-state index is -0.487. The van der Waals surface area contributed by atoms with Crippen molar-refractivity contribution in [2.24, 2.45) is 0 Å². The number of benzene rings is 1. The van der Waals surface area contributed by atoms with Gasteiger partial charge in [0.05, 0.1) is 18.4 Å². The molecule has 1 atom stereocenters. The van der Waals surface area contributed by atoms with E-state index in [1.807, 2.05) is 5.38 Å². The quantitative estimate of drug-likeness (QED) is 0.589. The Morgan fingerprint density at radius 2 is 2.33 bits per heavy atom. The van der Waals surface area contributed by atoms with Gasteiger partial charge in [-0.25, -0.2) is 14.4 Å². The van der Waals surface area contributed by atoms with Gasteiger partial charge in [0.2, 0.25) is 5.91 Å². The number of fused-ring (bicyclic) bond motifs is 2. The van der Waals surface area contributed by atoms with Crippen molar-refractivity contribution < 1.29 is 13.6 Å². The van der Waals surface area contributed by atoms with Gasteiger partial charge in [0.15, 0.2) is 11.4 Å². The predicted molar refractivity (Wildman–Crippen MR) is 97.8 cm³/mol. The molecule has 0 aliphatic carbocycles. The van der Waals surface area contributed by atoms with Gasteiger partial charge < -0.3 is 14.3 Å². The van der Waals surface area contributed by atoms with Gasteiger partial charge >= 0.3 is 0 Å². The molecule has 4 aromatic rings. The van der Waals surface area contributed by atoms with Gasteiger partial charge in [-0.3, -0.25) is 4.79 Å². The molecule has 1 amide bonds. The van der Waals surface area contributed by atoms with Crippen molar-refractivity contribution in [3.05, 3.63) is 70.1 Å². The fraction of sp³-hybridized carbons (Fsp3) is 0.211. The predicted octanol–water partition coefficient (Wildman–Crippen LogP) is 3.47. The summed E-state index contributed by atoms with van der Waals surface area (Å²) in [5, 5.41) is 3.28. The Morgan fingerprint density at radius 1 is 1.41 bits per heavy atom. The molecule has 0 spiro atoms. The summed E-state index contributed by atoms with van der Waals surface area (Å²) in [6.45, 7) is 0.531. The number of halogens is 1. The summed E-state index contributed by atoms with van der Waals surface area (Å²) in [6.07, 6.45) is 4.22. The third-order valence-electron chi connectivity index (χ3n) is 4.82. The summed E-state index contributed by atoms with van der Waals surface area (Å²) in [5.41, 5.74) is 1.91. The van der Waals surface area contributed by atoms with E-state index in [-0.39, 0.29) is 17.9 Å². The summed E-state index contributed by atoms with van der Waals surface area (Å²) in [6, 6.07) is 6.10. The molecule has 1 aliphatic rings. The van der Waals surface area contributed by atoms with Crippen LogP contribution in [-0.4, -0.2) is 32.3 Å². The maximum absolute atomic E-state index is 14.1. The van der Waals surface area contributed by atoms with Gasteiger partial charge in [0.1, 0.15) is 16.8 Å². The Labute approximate surface area is 157 Å². The number of hydrogen-bond donors (Lipinski definition) is 1. The lowest BCUT2D eigenvalue weighted by Crippen LogP contribution is -2.41. The number of thiazole rings is 1. The molecule has 0 radical (unpaired) electrons. The van der Waals surface area contributed by atoms with Gasteiger partial charge in [0.25, 0.3) is 0 Å². The van der Waals surface area contributed by atoms with Crippen LogP contribution in [-0.2, 0) is 17.6 Å². The van der Waals surface area contributed by atoms with E-state index in [9.17, 15) is 9.18 Å². The van der Waals surface area contributed by atoms with Crippen molar-refractivity contribution >= 4 is 28.2 Å². The van der Waals surface area contributed by atoms with Crippen molar-refractivity contribution in [2.75, 3.05) is 6.54 Å². The fourth-order valence-electron chi connectivity index (χ4n) is 3.59. The van der Waals surface area contributed by atoms with Gasteiger partial charge in [-0.2, -0.15) is 0 Å². The number of furan rings is 1. The molecule has 1 N–H and O–H groups in total. The van der Waals surface area contributed by atoms with Crippen LogP contribution in [0.1, 0.15) is 28.2 Å². The van der Waals surface area contributed by atoms with E-state index in [4.69, 9.17) is 4.42 Å². The smallest absolute Gasteiger partial charge is 0.230 e. The van der Waals surface area contributed by atoms with Crippen molar-refractivity contribution in [2.45, 2.75) is 18.9 Å². The summed E-state index contributed by atoms with van der Waals surface area (Å²) in [7, 11) is 0. The lowest BCUT2D eigenvalue weighted by Gasteiger charge is -2.33. The largest absolute Gasteiger partial charge is 0.455 e. The molecule has 1 aromatic carbocycles. The highest BCUT2D eigenvalue weighted by atomic mass is 32.1. The molecule has 4 heterocycles. The molecule has 8 heteroatoms. The van der Waals surface area contributed by atoms with Crippen LogP contribution < -0.4 is 0 Å².